The predicted molar refractivity (Wildman–Crippen MR) is 68.6 cm³/mol. The van der Waals surface area contributed by atoms with Crippen LogP contribution in [0, 0.1) is 0 Å². The van der Waals surface area contributed by atoms with Crippen molar-refractivity contribution in [3.05, 3.63) is 35.4 Å². The second kappa shape index (κ2) is 5.46. The molecule has 0 bridgehead atoms. The number of rotatable bonds is 3. The fourth-order valence-electron chi connectivity index (χ4n) is 2.30. The molecule has 0 spiro atoms. The Labute approximate surface area is 98.7 Å². The minimum atomic E-state index is 0.652. The second-order valence-corrected chi connectivity index (χ2v) is 4.70. The standard InChI is InChI=1S/C14H22N2/c1-3-13-5-4-6-14(9-13)11-16-8-7-15-10-12(16)2/h4-6,9,12,15H,3,7-8,10-11H2,1-2H3. The molecule has 1 aliphatic rings. The van der Waals surface area contributed by atoms with Gasteiger partial charge in [-0.1, -0.05) is 31.2 Å². The van der Waals surface area contributed by atoms with E-state index >= 15 is 0 Å². The quantitative estimate of drug-likeness (QED) is 0.835. The number of benzene rings is 1. The molecule has 2 rings (SSSR count). The molecule has 1 fully saturated rings. The molecule has 0 saturated carbocycles. The first kappa shape index (κ1) is 11.6. The molecular formula is C14H22N2. The Morgan fingerprint density at radius 2 is 2.19 bits per heavy atom. The van der Waals surface area contributed by atoms with Crippen molar-refractivity contribution in [2.45, 2.75) is 32.9 Å². The number of hydrogen-bond donors (Lipinski definition) is 1. The summed E-state index contributed by atoms with van der Waals surface area (Å²) in [5, 5.41) is 3.43. The van der Waals surface area contributed by atoms with Gasteiger partial charge in [-0.3, -0.25) is 4.90 Å². The number of hydrogen-bond acceptors (Lipinski definition) is 2. The lowest BCUT2D eigenvalue weighted by molar-refractivity contribution is 0.165. The Balaban J connectivity index is 2.01. The Morgan fingerprint density at radius 1 is 1.38 bits per heavy atom. The molecule has 0 aliphatic carbocycles. The zero-order chi connectivity index (χ0) is 11.4. The molecule has 1 aliphatic heterocycles. The number of piperazine rings is 1. The van der Waals surface area contributed by atoms with Gasteiger partial charge in [-0.15, -0.1) is 0 Å². The van der Waals surface area contributed by atoms with E-state index < -0.39 is 0 Å². The summed E-state index contributed by atoms with van der Waals surface area (Å²) in [6, 6.07) is 9.63. The molecule has 88 valence electrons. The van der Waals surface area contributed by atoms with E-state index in [0.29, 0.717) is 6.04 Å². The SMILES string of the molecule is CCc1cccc(CN2CCNCC2C)c1. The van der Waals surface area contributed by atoms with Crippen molar-refractivity contribution in [3.63, 3.8) is 0 Å². The van der Waals surface area contributed by atoms with Crippen LogP contribution >= 0.6 is 0 Å². The van der Waals surface area contributed by atoms with E-state index in [1.54, 1.807) is 0 Å². The lowest BCUT2D eigenvalue weighted by Crippen LogP contribution is -2.49. The lowest BCUT2D eigenvalue weighted by Gasteiger charge is -2.33. The van der Waals surface area contributed by atoms with Crippen LogP contribution in [0.4, 0.5) is 0 Å². The van der Waals surface area contributed by atoms with E-state index in [9.17, 15) is 0 Å². The van der Waals surface area contributed by atoms with Crippen molar-refractivity contribution < 1.29 is 0 Å². The third-order valence-electron chi connectivity index (χ3n) is 3.42. The first-order chi connectivity index (χ1) is 7.79. The maximum atomic E-state index is 3.43. The fraction of sp³-hybridized carbons (Fsp3) is 0.571. The molecule has 1 aromatic rings. The molecule has 1 atom stereocenters. The molecule has 2 nitrogen and oxygen atoms in total. The number of nitrogens with zero attached hydrogens (tertiary/aromatic N) is 1. The van der Waals surface area contributed by atoms with Gasteiger partial charge in [0.25, 0.3) is 0 Å². The van der Waals surface area contributed by atoms with Crippen LogP contribution in [0.25, 0.3) is 0 Å². The van der Waals surface area contributed by atoms with Gasteiger partial charge < -0.3 is 5.32 Å². The highest BCUT2D eigenvalue weighted by Gasteiger charge is 2.17. The molecule has 0 radical (unpaired) electrons. The van der Waals surface area contributed by atoms with Crippen LogP contribution < -0.4 is 5.32 Å². The summed E-state index contributed by atoms with van der Waals surface area (Å²) in [7, 11) is 0. The molecule has 16 heavy (non-hydrogen) atoms. The largest absolute Gasteiger partial charge is 0.314 e. The summed E-state index contributed by atoms with van der Waals surface area (Å²) in [6.07, 6.45) is 1.13. The molecule has 2 heteroatoms. The van der Waals surface area contributed by atoms with Gasteiger partial charge in [-0.05, 0) is 24.5 Å². The topological polar surface area (TPSA) is 15.3 Å². The summed E-state index contributed by atoms with van der Waals surface area (Å²) in [4.78, 5) is 2.56. The average Bonchev–Trinajstić information content (AvgIpc) is 2.32. The number of aryl methyl sites for hydroxylation is 1. The van der Waals surface area contributed by atoms with Crippen LogP contribution in [0.2, 0.25) is 0 Å². The highest BCUT2D eigenvalue weighted by molar-refractivity contribution is 5.23. The van der Waals surface area contributed by atoms with Crippen molar-refractivity contribution in [2.24, 2.45) is 0 Å². The van der Waals surface area contributed by atoms with E-state index in [-0.39, 0.29) is 0 Å². The highest BCUT2D eigenvalue weighted by Crippen LogP contribution is 2.12. The van der Waals surface area contributed by atoms with Gasteiger partial charge in [-0.2, -0.15) is 0 Å². The third-order valence-corrected chi connectivity index (χ3v) is 3.42. The van der Waals surface area contributed by atoms with Gasteiger partial charge in [-0.25, -0.2) is 0 Å². The van der Waals surface area contributed by atoms with E-state index in [2.05, 4.69) is 48.3 Å². The monoisotopic (exact) mass is 218 g/mol. The molecule has 1 unspecified atom stereocenters. The van der Waals surface area contributed by atoms with E-state index in [1.807, 2.05) is 0 Å². The van der Waals surface area contributed by atoms with Gasteiger partial charge in [0.15, 0.2) is 0 Å². The van der Waals surface area contributed by atoms with Crippen LogP contribution in [0.1, 0.15) is 25.0 Å². The summed E-state index contributed by atoms with van der Waals surface area (Å²) in [5.41, 5.74) is 2.90. The van der Waals surface area contributed by atoms with E-state index in [1.165, 1.54) is 11.1 Å². The molecule has 1 aromatic carbocycles. The maximum absolute atomic E-state index is 3.43. The van der Waals surface area contributed by atoms with Crippen LogP contribution in [0.15, 0.2) is 24.3 Å². The van der Waals surface area contributed by atoms with Gasteiger partial charge in [0.1, 0.15) is 0 Å². The normalized spacial score (nSPS) is 22.2. The van der Waals surface area contributed by atoms with E-state index in [4.69, 9.17) is 0 Å². The first-order valence-corrected chi connectivity index (χ1v) is 6.32. The summed E-state index contributed by atoms with van der Waals surface area (Å²) in [5.74, 6) is 0. The zero-order valence-corrected chi connectivity index (χ0v) is 10.4. The Morgan fingerprint density at radius 3 is 2.94 bits per heavy atom. The third kappa shape index (κ3) is 2.83. The van der Waals surface area contributed by atoms with Crippen LogP contribution in [0.3, 0.4) is 0 Å². The summed E-state index contributed by atoms with van der Waals surface area (Å²) in [6.45, 7) is 9.02. The Kier molecular flexibility index (Phi) is 3.97. The van der Waals surface area contributed by atoms with Crippen molar-refractivity contribution in [3.8, 4) is 0 Å². The van der Waals surface area contributed by atoms with Crippen molar-refractivity contribution in [1.82, 2.24) is 10.2 Å². The second-order valence-electron chi connectivity index (χ2n) is 4.70. The average molecular weight is 218 g/mol. The summed E-state index contributed by atoms with van der Waals surface area (Å²) >= 11 is 0. The van der Waals surface area contributed by atoms with Gasteiger partial charge >= 0.3 is 0 Å². The van der Waals surface area contributed by atoms with Gasteiger partial charge in [0.05, 0.1) is 0 Å². The predicted octanol–water partition coefficient (Wildman–Crippen LogP) is 2.04. The number of nitrogens with one attached hydrogen (secondary N) is 1. The smallest absolute Gasteiger partial charge is 0.0237 e. The van der Waals surface area contributed by atoms with Crippen LogP contribution in [0.5, 0.6) is 0 Å². The molecule has 1 saturated heterocycles. The van der Waals surface area contributed by atoms with Crippen molar-refractivity contribution >= 4 is 0 Å². The Hall–Kier alpha value is -0.860. The van der Waals surface area contributed by atoms with Crippen molar-refractivity contribution in [1.29, 1.82) is 0 Å². The molecule has 0 amide bonds. The summed E-state index contributed by atoms with van der Waals surface area (Å²) < 4.78 is 0. The van der Waals surface area contributed by atoms with E-state index in [0.717, 1.165) is 32.6 Å². The van der Waals surface area contributed by atoms with Gasteiger partial charge in [0.2, 0.25) is 0 Å². The molecule has 1 heterocycles. The molecule has 0 aromatic heterocycles. The lowest BCUT2D eigenvalue weighted by atomic mass is 10.1. The minimum absolute atomic E-state index is 0.652. The highest BCUT2D eigenvalue weighted by atomic mass is 15.2. The maximum Gasteiger partial charge on any atom is 0.0237 e. The Bertz CT molecular complexity index is 335. The molecular weight excluding hydrogens is 196 g/mol. The van der Waals surface area contributed by atoms with Gasteiger partial charge in [0, 0.05) is 32.2 Å². The van der Waals surface area contributed by atoms with Crippen LogP contribution in [-0.2, 0) is 13.0 Å². The first-order valence-electron chi connectivity index (χ1n) is 6.32. The zero-order valence-electron chi connectivity index (χ0n) is 10.4. The van der Waals surface area contributed by atoms with Crippen molar-refractivity contribution in [2.75, 3.05) is 19.6 Å². The molecule has 1 N–H and O–H groups in total. The minimum Gasteiger partial charge on any atom is -0.314 e. The van der Waals surface area contributed by atoms with Crippen LogP contribution in [-0.4, -0.2) is 30.6 Å². The fourth-order valence-corrected chi connectivity index (χ4v) is 2.30.